The molecular weight excluding hydrogens is 346 g/mol. The summed E-state index contributed by atoms with van der Waals surface area (Å²) in [6, 6.07) is 13.6. The van der Waals surface area contributed by atoms with Gasteiger partial charge in [-0.15, -0.1) is 0 Å². The van der Waals surface area contributed by atoms with Gasteiger partial charge in [0.05, 0.1) is 18.3 Å². The zero-order valence-corrected chi connectivity index (χ0v) is 16.0. The molecule has 0 bridgehead atoms. The Kier molecular flexibility index (Phi) is 7.23. The van der Waals surface area contributed by atoms with Gasteiger partial charge in [-0.2, -0.15) is 0 Å². The standard InChI is InChI=1S/C21H25NO5/c1-5-25-18-10-12-19(13-11-18)27-15(4)20(23)22-17-8-6-16(7-9-17)21(24)26-14(2)3/h6-15H,5H2,1-4H3,(H,22,23). The number of ether oxygens (including phenoxy) is 3. The topological polar surface area (TPSA) is 73.9 Å². The molecule has 1 unspecified atom stereocenters. The minimum atomic E-state index is -0.687. The van der Waals surface area contributed by atoms with Crippen LogP contribution in [-0.4, -0.2) is 30.7 Å². The molecule has 0 aliphatic rings. The van der Waals surface area contributed by atoms with Gasteiger partial charge in [0.1, 0.15) is 11.5 Å². The minimum Gasteiger partial charge on any atom is -0.494 e. The van der Waals surface area contributed by atoms with E-state index in [2.05, 4.69) is 5.32 Å². The third-order valence-corrected chi connectivity index (χ3v) is 3.55. The number of carbonyl (C=O) groups excluding carboxylic acids is 2. The van der Waals surface area contributed by atoms with Gasteiger partial charge in [0.15, 0.2) is 6.10 Å². The van der Waals surface area contributed by atoms with E-state index >= 15 is 0 Å². The first kappa shape index (κ1) is 20.3. The van der Waals surface area contributed by atoms with E-state index in [9.17, 15) is 9.59 Å². The maximum absolute atomic E-state index is 12.3. The molecule has 2 aromatic rings. The van der Waals surface area contributed by atoms with Crippen molar-refractivity contribution in [2.75, 3.05) is 11.9 Å². The van der Waals surface area contributed by atoms with Crippen LogP contribution >= 0.6 is 0 Å². The highest BCUT2D eigenvalue weighted by Crippen LogP contribution is 2.19. The van der Waals surface area contributed by atoms with E-state index in [-0.39, 0.29) is 12.0 Å². The van der Waals surface area contributed by atoms with Gasteiger partial charge < -0.3 is 19.5 Å². The summed E-state index contributed by atoms with van der Waals surface area (Å²) >= 11 is 0. The van der Waals surface area contributed by atoms with Crippen molar-refractivity contribution in [3.05, 3.63) is 54.1 Å². The molecule has 0 saturated heterocycles. The van der Waals surface area contributed by atoms with Crippen molar-refractivity contribution in [3.63, 3.8) is 0 Å². The summed E-state index contributed by atoms with van der Waals surface area (Å²) in [5.41, 5.74) is 1.00. The third kappa shape index (κ3) is 6.33. The molecule has 0 radical (unpaired) electrons. The Morgan fingerprint density at radius 1 is 0.926 bits per heavy atom. The molecule has 2 aromatic carbocycles. The summed E-state index contributed by atoms with van der Waals surface area (Å²) in [5.74, 6) is 0.641. The number of nitrogens with one attached hydrogen (secondary N) is 1. The van der Waals surface area contributed by atoms with Crippen molar-refractivity contribution < 1.29 is 23.8 Å². The first-order valence-electron chi connectivity index (χ1n) is 8.90. The fourth-order valence-electron chi connectivity index (χ4n) is 2.25. The van der Waals surface area contributed by atoms with Crippen LogP contribution in [0.2, 0.25) is 0 Å². The maximum atomic E-state index is 12.3. The second-order valence-electron chi connectivity index (χ2n) is 6.19. The van der Waals surface area contributed by atoms with Crippen molar-refractivity contribution in [3.8, 4) is 11.5 Å². The number of anilines is 1. The van der Waals surface area contributed by atoms with Gasteiger partial charge in [0.25, 0.3) is 5.91 Å². The zero-order chi connectivity index (χ0) is 19.8. The third-order valence-electron chi connectivity index (χ3n) is 3.55. The monoisotopic (exact) mass is 371 g/mol. The fourth-order valence-corrected chi connectivity index (χ4v) is 2.25. The van der Waals surface area contributed by atoms with E-state index < -0.39 is 12.1 Å². The number of benzene rings is 2. The summed E-state index contributed by atoms with van der Waals surface area (Å²) in [7, 11) is 0. The van der Waals surface area contributed by atoms with Crippen LogP contribution in [0.5, 0.6) is 11.5 Å². The second-order valence-corrected chi connectivity index (χ2v) is 6.19. The summed E-state index contributed by atoms with van der Waals surface area (Å²) in [6.07, 6.45) is -0.869. The Balaban J connectivity index is 1.90. The molecule has 1 N–H and O–H groups in total. The van der Waals surface area contributed by atoms with E-state index in [4.69, 9.17) is 14.2 Å². The van der Waals surface area contributed by atoms with Crippen LogP contribution in [0.25, 0.3) is 0 Å². The highest BCUT2D eigenvalue weighted by Gasteiger charge is 2.15. The molecule has 0 heterocycles. The predicted molar refractivity (Wildman–Crippen MR) is 103 cm³/mol. The summed E-state index contributed by atoms with van der Waals surface area (Å²) in [6.45, 7) is 7.75. The average molecular weight is 371 g/mol. The van der Waals surface area contributed by atoms with Crippen LogP contribution < -0.4 is 14.8 Å². The lowest BCUT2D eigenvalue weighted by Crippen LogP contribution is -2.30. The SMILES string of the molecule is CCOc1ccc(OC(C)C(=O)Nc2ccc(C(=O)OC(C)C)cc2)cc1. The number of amides is 1. The quantitative estimate of drug-likeness (QED) is 0.709. The van der Waals surface area contributed by atoms with E-state index in [1.165, 1.54) is 0 Å². The van der Waals surface area contributed by atoms with Crippen LogP contribution in [0, 0.1) is 0 Å². The van der Waals surface area contributed by atoms with Crippen molar-refractivity contribution in [1.29, 1.82) is 0 Å². The molecule has 6 nitrogen and oxygen atoms in total. The molecule has 1 atom stereocenters. The van der Waals surface area contributed by atoms with Crippen LogP contribution in [-0.2, 0) is 9.53 Å². The van der Waals surface area contributed by atoms with E-state index in [0.29, 0.717) is 23.6 Å². The lowest BCUT2D eigenvalue weighted by molar-refractivity contribution is -0.122. The molecule has 1 amide bonds. The van der Waals surface area contributed by atoms with E-state index in [0.717, 1.165) is 5.75 Å². The molecule has 6 heteroatoms. The zero-order valence-electron chi connectivity index (χ0n) is 16.0. The van der Waals surface area contributed by atoms with Crippen LogP contribution in [0.4, 0.5) is 5.69 Å². The molecule has 2 rings (SSSR count). The van der Waals surface area contributed by atoms with E-state index in [1.807, 2.05) is 6.92 Å². The van der Waals surface area contributed by atoms with Gasteiger partial charge in [-0.25, -0.2) is 4.79 Å². The second kappa shape index (κ2) is 9.62. The molecule has 0 aromatic heterocycles. The summed E-state index contributed by atoms with van der Waals surface area (Å²) in [5, 5.41) is 2.76. The summed E-state index contributed by atoms with van der Waals surface area (Å²) in [4.78, 5) is 24.1. The highest BCUT2D eigenvalue weighted by atomic mass is 16.5. The molecule has 27 heavy (non-hydrogen) atoms. The predicted octanol–water partition coefficient (Wildman–Crippen LogP) is 4.06. The molecule has 0 fully saturated rings. The Morgan fingerprint density at radius 3 is 2.07 bits per heavy atom. The van der Waals surface area contributed by atoms with Crippen LogP contribution in [0.1, 0.15) is 38.1 Å². The number of esters is 1. The Hall–Kier alpha value is -3.02. The van der Waals surface area contributed by atoms with Crippen LogP contribution in [0.15, 0.2) is 48.5 Å². The first-order valence-corrected chi connectivity index (χ1v) is 8.90. The Bertz CT molecular complexity index is 753. The Morgan fingerprint density at radius 2 is 1.52 bits per heavy atom. The van der Waals surface area contributed by atoms with Gasteiger partial charge in [-0.3, -0.25) is 4.79 Å². The van der Waals surface area contributed by atoms with Crippen molar-refractivity contribution in [2.45, 2.75) is 39.9 Å². The van der Waals surface area contributed by atoms with E-state index in [1.54, 1.807) is 69.3 Å². The average Bonchev–Trinajstić information content (AvgIpc) is 2.63. The number of hydrogen-bond acceptors (Lipinski definition) is 5. The molecule has 144 valence electrons. The Labute approximate surface area is 159 Å². The van der Waals surface area contributed by atoms with Crippen molar-refractivity contribution in [1.82, 2.24) is 0 Å². The van der Waals surface area contributed by atoms with Crippen LogP contribution in [0.3, 0.4) is 0 Å². The lowest BCUT2D eigenvalue weighted by atomic mass is 10.2. The van der Waals surface area contributed by atoms with Gasteiger partial charge in [-0.05, 0) is 76.2 Å². The first-order chi connectivity index (χ1) is 12.9. The number of hydrogen-bond donors (Lipinski definition) is 1. The normalized spacial score (nSPS) is 11.6. The highest BCUT2D eigenvalue weighted by molar-refractivity contribution is 5.95. The maximum Gasteiger partial charge on any atom is 0.338 e. The van der Waals surface area contributed by atoms with Gasteiger partial charge >= 0.3 is 5.97 Å². The van der Waals surface area contributed by atoms with Gasteiger partial charge in [-0.1, -0.05) is 0 Å². The van der Waals surface area contributed by atoms with Crippen molar-refractivity contribution in [2.24, 2.45) is 0 Å². The smallest absolute Gasteiger partial charge is 0.338 e. The molecule has 0 aliphatic heterocycles. The molecular formula is C21H25NO5. The summed E-state index contributed by atoms with van der Waals surface area (Å²) < 4.78 is 16.1. The lowest BCUT2D eigenvalue weighted by Gasteiger charge is -2.15. The molecule has 0 spiro atoms. The fraction of sp³-hybridized carbons (Fsp3) is 0.333. The number of rotatable bonds is 8. The molecule has 0 saturated carbocycles. The number of carbonyl (C=O) groups is 2. The van der Waals surface area contributed by atoms with Gasteiger partial charge in [0, 0.05) is 5.69 Å². The minimum absolute atomic E-state index is 0.183. The largest absolute Gasteiger partial charge is 0.494 e. The molecule has 0 aliphatic carbocycles. The van der Waals surface area contributed by atoms with Gasteiger partial charge in [0.2, 0.25) is 0 Å². The van der Waals surface area contributed by atoms with Crippen molar-refractivity contribution >= 4 is 17.6 Å².